The van der Waals surface area contributed by atoms with Crippen molar-refractivity contribution < 1.29 is 45.5 Å². The number of nitrogen functional groups attached to an aromatic ring is 2. The molecule has 4 aromatic carbocycles. The molecule has 0 saturated carbocycles. The van der Waals surface area contributed by atoms with E-state index >= 15 is 26.3 Å². The van der Waals surface area contributed by atoms with Crippen LogP contribution < -0.4 is 21.3 Å². The highest BCUT2D eigenvalue weighted by Gasteiger charge is 2.73. The van der Waals surface area contributed by atoms with Crippen LogP contribution in [-0.2, 0) is 5.41 Å². The predicted octanol–water partition coefficient (Wildman–Crippen LogP) is 7.17. The summed E-state index contributed by atoms with van der Waals surface area (Å²) in [5.74, 6) is -4.62. The predicted molar refractivity (Wildman–Crippen MR) is 160 cm³/mol. The average molecular weight is 693 g/mol. The summed E-state index contributed by atoms with van der Waals surface area (Å²) >= 11 is 12.2. The highest BCUT2D eigenvalue weighted by Crippen LogP contribution is 2.57. The van der Waals surface area contributed by atoms with Crippen molar-refractivity contribution in [3.05, 3.63) is 116 Å². The van der Waals surface area contributed by atoms with Crippen LogP contribution in [0.2, 0.25) is 10.0 Å². The molecule has 6 rings (SSSR count). The van der Waals surface area contributed by atoms with E-state index in [-0.39, 0.29) is 32.8 Å². The monoisotopic (exact) mass is 692 g/mol. The van der Waals surface area contributed by atoms with Gasteiger partial charge < -0.3 is 11.5 Å². The zero-order chi connectivity index (χ0) is 34.4. The Morgan fingerprint density at radius 1 is 0.489 bits per heavy atom. The minimum absolute atomic E-state index is 0.0658. The Kier molecular flexibility index (Phi) is 7.10. The molecule has 47 heavy (non-hydrogen) atoms. The third-order valence-corrected chi connectivity index (χ3v) is 8.55. The smallest absolute Gasteiger partial charge is 0.399 e. The number of alkyl halides is 6. The van der Waals surface area contributed by atoms with Gasteiger partial charge in [0.05, 0.1) is 43.7 Å². The van der Waals surface area contributed by atoms with E-state index in [1.165, 1.54) is 24.3 Å². The Morgan fingerprint density at radius 2 is 0.830 bits per heavy atom. The van der Waals surface area contributed by atoms with Crippen LogP contribution in [0.5, 0.6) is 0 Å². The number of amides is 4. The number of carbonyl (C=O) groups is 4. The lowest BCUT2D eigenvalue weighted by Crippen LogP contribution is -2.55. The first-order chi connectivity index (χ1) is 21.9. The summed E-state index contributed by atoms with van der Waals surface area (Å²) in [5.41, 5.74) is 0.810. The molecule has 16 heteroatoms. The lowest BCUT2D eigenvalue weighted by atomic mass is 9.71. The van der Waals surface area contributed by atoms with Gasteiger partial charge in [0.25, 0.3) is 23.6 Å². The van der Waals surface area contributed by atoms with E-state index in [1.54, 1.807) is 0 Å². The standard InChI is InChI=1S/C31H16Cl2F6N4O4/c32-21-7-3-15(40)11-23(21)42-25(44)17-5-1-13(9-19(17)27(42)46)29(30(34,35)36,31(37,38)39)14-2-6-18-20(10-14)28(47)43(26(18)45)24-12-16(41)4-8-22(24)33/h1-12H,40-41H2. The number of benzene rings is 4. The second-order valence-electron chi connectivity index (χ2n) is 10.6. The highest BCUT2D eigenvalue weighted by molar-refractivity contribution is 6.41. The number of imide groups is 2. The van der Waals surface area contributed by atoms with E-state index in [0.717, 1.165) is 12.1 Å². The minimum Gasteiger partial charge on any atom is -0.399 e. The Hall–Kier alpha value is -5.08. The van der Waals surface area contributed by atoms with E-state index in [1.807, 2.05) is 0 Å². The van der Waals surface area contributed by atoms with Crippen molar-refractivity contribution >= 4 is 69.6 Å². The second kappa shape index (κ2) is 10.5. The first-order valence-corrected chi connectivity index (χ1v) is 14.0. The van der Waals surface area contributed by atoms with Crippen LogP contribution in [0.15, 0.2) is 72.8 Å². The number of rotatable bonds is 4. The molecule has 2 heterocycles. The summed E-state index contributed by atoms with van der Waals surface area (Å²) < 4.78 is 90.4. The van der Waals surface area contributed by atoms with Gasteiger partial charge in [-0.2, -0.15) is 26.3 Å². The summed E-state index contributed by atoms with van der Waals surface area (Å²) in [6.45, 7) is 0. The number of halogens is 8. The van der Waals surface area contributed by atoms with Crippen LogP contribution >= 0.6 is 23.2 Å². The van der Waals surface area contributed by atoms with E-state index in [2.05, 4.69) is 0 Å². The number of carbonyl (C=O) groups excluding carboxylic acids is 4. The molecule has 0 spiro atoms. The highest BCUT2D eigenvalue weighted by atomic mass is 35.5. The Balaban J connectivity index is 1.53. The molecule has 0 atom stereocenters. The summed E-state index contributed by atoms with van der Waals surface area (Å²) in [5, 5.41) is -0.278. The van der Waals surface area contributed by atoms with E-state index < -0.39 is 74.8 Å². The topological polar surface area (TPSA) is 127 Å². The normalized spacial score (nSPS) is 15.1. The van der Waals surface area contributed by atoms with Gasteiger partial charge in [-0.05, 0) is 71.8 Å². The third-order valence-electron chi connectivity index (χ3n) is 7.91. The fourth-order valence-electron chi connectivity index (χ4n) is 5.77. The van der Waals surface area contributed by atoms with Crippen LogP contribution in [-0.4, -0.2) is 36.0 Å². The summed E-state index contributed by atoms with van der Waals surface area (Å²) in [7, 11) is 0. The van der Waals surface area contributed by atoms with Gasteiger partial charge in [-0.3, -0.25) is 19.2 Å². The molecule has 4 N–H and O–H groups in total. The van der Waals surface area contributed by atoms with Crippen LogP contribution in [0, 0.1) is 0 Å². The fraction of sp³-hybridized carbons (Fsp3) is 0.0968. The van der Waals surface area contributed by atoms with Crippen LogP contribution in [0.25, 0.3) is 0 Å². The molecular weight excluding hydrogens is 677 g/mol. The maximum absolute atomic E-state index is 15.1. The third kappa shape index (κ3) is 4.53. The van der Waals surface area contributed by atoms with Crippen molar-refractivity contribution in [2.24, 2.45) is 0 Å². The summed E-state index contributed by atoms with van der Waals surface area (Å²) in [4.78, 5) is 54.0. The number of nitrogens with zero attached hydrogens (tertiary/aromatic N) is 2. The lowest BCUT2D eigenvalue weighted by molar-refractivity contribution is -0.288. The van der Waals surface area contributed by atoms with E-state index in [0.29, 0.717) is 46.2 Å². The first kappa shape index (κ1) is 31.9. The molecule has 0 bridgehead atoms. The van der Waals surface area contributed by atoms with Crippen molar-refractivity contribution in [1.29, 1.82) is 0 Å². The van der Waals surface area contributed by atoms with Crippen LogP contribution in [0.4, 0.5) is 49.1 Å². The molecule has 8 nitrogen and oxygen atoms in total. The minimum atomic E-state index is -6.14. The molecule has 4 amide bonds. The zero-order valence-electron chi connectivity index (χ0n) is 23.1. The maximum Gasteiger partial charge on any atom is 0.411 e. The lowest BCUT2D eigenvalue weighted by Gasteiger charge is -2.38. The van der Waals surface area contributed by atoms with E-state index in [4.69, 9.17) is 34.7 Å². The van der Waals surface area contributed by atoms with Crippen molar-refractivity contribution in [2.45, 2.75) is 17.8 Å². The number of anilines is 4. The van der Waals surface area contributed by atoms with Gasteiger partial charge in [0.1, 0.15) is 0 Å². The van der Waals surface area contributed by atoms with Gasteiger partial charge >= 0.3 is 12.4 Å². The molecule has 0 aromatic heterocycles. The molecule has 0 saturated heterocycles. The first-order valence-electron chi connectivity index (χ1n) is 13.2. The number of fused-ring (bicyclic) bond motifs is 2. The molecule has 0 radical (unpaired) electrons. The fourth-order valence-corrected chi connectivity index (χ4v) is 6.17. The largest absolute Gasteiger partial charge is 0.411 e. The number of hydrogen-bond acceptors (Lipinski definition) is 6. The molecule has 4 aromatic rings. The molecule has 0 aliphatic carbocycles. The van der Waals surface area contributed by atoms with Gasteiger partial charge in [0, 0.05) is 11.4 Å². The quantitative estimate of drug-likeness (QED) is 0.133. The van der Waals surface area contributed by atoms with E-state index in [9.17, 15) is 19.2 Å². The average Bonchev–Trinajstić information content (AvgIpc) is 3.38. The SMILES string of the molecule is Nc1ccc(Cl)c(N2C(=O)c3ccc(C(c4ccc5c(c4)C(=O)N(c4cc(N)ccc4Cl)C5=O)(C(F)(F)F)C(F)(F)F)cc3C2=O)c1. The van der Waals surface area contributed by atoms with Gasteiger partial charge in [-0.25, -0.2) is 9.80 Å². The molecule has 0 unspecified atom stereocenters. The molecule has 2 aliphatic rings. The van der Waals surface area contributed by atoms with Gasteiger partial charge in [-0.1, -0.05) is 35.3 Å². The van der Waals surface area contributed by atoms with Gasteiger partial charge in [0.2, 0.25) is 5.41 Å². The molecule has 2 aliphatic heterocycles. The van der Waals surface area contributed by atoms with Gasteiger partial charge in [0.15, 0.2) is 0 Å². The molecule has 240 valence electrons. The van der Waals surface area contributed by atoms with Crippen molar-refractivity contribution in [2.75, 3.05) is 21.3 Å². The molecule has 0 fully saturated rings. The Morgan fingerprint density at radius 3 is 1.17 bits per heavy atom. The Bertz CT molecular complexity index is 1940. The molecular formula is C31H16Cl2F6N4O4. The second-order valence-corrected chi connectivity index (χ2v) is 11.4. The zero-order valence-corrected chi connectivity index (χ0v) is 24.6. The van der Waals surface area contributed by atoms with Crippen molar-refractivity contribution in [3.63, 3.8) is 0 Å². The summed E-state index contributed by atoms with van der Waals surface area (Å²) in [6.07, 6.45) is -12.3. The van der Waals surface area contributed by atoms with Crippen molar-refractivity contribution in [1.82, 2.24) is 0 Å². The Labute approximate surface area is 270 Å². The maximum atomic E-state index is 15.1. The summed E-state index contributed by atoms with van der Waals surface area (Å²) in [6, 6.07) is 10.3. The van der Waals surface area contributed by atoms with Crippen molar-refractivity contribution in [3.8, 4) is 0 Å². The van der Waals surface area contributed by atoms with Gasteiger partial charge in [-0.15, -0.1) is 0 Å². The number of nitrogens with two attached hydrogens (primary N) is 2. The number of hydrogen-bond donors (Lipinski definition) is 2. The van der Waals surface area contributed by atoms with Crippen LogP contribution in [0.1, 0.15) is 52.6 Å². The van der Waals surface area contributed by atoms with Crippen LogP contribution in [0.3, 0.4) is 0 Å².